The number of hydrogen-bond acceptors (Lipinski definition) is 4. The third-order valence-electron chi connectivity index (χ3n) is 2.56. The Hall–Kier alpha value is -0.840. The molecule has 0 N–H and O–H groups in total. The lowest BCUT2D eigenvalue weighted by molar-refractivity contribution is 0.395. The molecule has 15 heavy (non-hydrogen) atoms. The molecule has 0 radical (unpaired) electrons. The van der Waals surface area contributed by atoms with Crippen molar-refractivity contribution < 1.29 is 4.74 Å². The van der Waals surface area contributed by atoms with Gasteiger partial charge in [-0.05, 0) is 12.8 Å². The Morgan fingerprint density at radius 3 is 2.80 bits per heavy atom. The van der Waals surface area contributed by atoms with Crippen molar-refractivity contribution in [3.8, 4) is 5.88 Å². The molecule has 1 fully saturated rings. The molecule has 2 rings (SSSR count). The Morgan fingerprint density at radius 2 is 2.13 bits per heavy atom. The number of rotatable bonds is 2. The minimum absolute atomic E-state index is 0.577. The van der Waals surface area contributed by atoms with Gasteiger partial charge in [-0.25, -0.2) is 0 Å². The van der Waals surface area contributed by atoms with Crippen LogP contribution in [0.1, 0.15) is 12.8 Å². The molecule has 1 aliphatic rings. The smallest absolute Gasteiger partial charge is 0.233 e. The fourth-order valence-corrected chi connectivity index (χ4v) is 2.08. The number of halogens is 1. The molecule has 0 amide bonds. The van der Waals surface area contributed by atoms with Gasteiger partial charge in [0.15, 0.2) is 5.82 Å². The zero-order chi connectivity index (χ0) is 10.7. The summed E-state index contributed by atoms with van der Waals surface area (Å²) < 4.78 is 5.06. The predicted octanol–water partition coefficient (Wildman–Crippen LogP) is 1.85. The van der Waals surface area contributed by atoms with Crippen molar-refractivity contribution in [2.75, 3.05) is 25.1 Å². The van der Waals surface area contributed by atoms with Crippen LogP contribution in [0, 0.1) is 0 Å². The summed E-state index contributed by atoms with van der Waals surface area (Å²) in [4.78, 5) is 11.4. The highest BCUT2D eigenvalue weighted by atomic mass is 79.9. The second-order valence-electron chi connectivity index (χ2n) is 3.58. The zero-order valence-electron chi connectivity index (χ0n) is 8.69. The van der Waals surface area contributed by atoms with E-state index in [9.17, 15) is 0 Å². The fourth-order valence-electron chi connectivity index (χ4n) is 1.67. The van der Waals surface area contributed by atoms with Gasteiger partial charge in [0.1, 0.15) is 0 Å². The maximum atomic E-state index is 5.06. The Labute approximate surface area is 97.8 Å². The van der Waals surface area contributed by atoms with Gasteiger partial charge in [0.05, 0.1) is 19.5 Å². The third-order valence-corrected chi connectivity index (χ3v) is 3.47. The average Bonchev–Trinajstić information content (AvgIpc) is 2.30. The van der Waals surface area contributed by atoms with E-state index in [0.717, 1.165) is 31.7 Å². The molecule has 82 valence electrons. The first-order valence-electron chi connectivity index (χ1n) is 5.04. The highest BCUT2D eigenvalue weighted by molar-refractivity contribution is 9.09. The lowest BCUT2D eigenvalue weighted by Crippen LogP contribution is -2.34. The minimum atomic E-state index is 0.577. The summed E-state index contributed by atoms with van der Waals surface area (Å²) in [6.07, 6.45) is 5.72. The average molecular weight is 272 g/mol. The maximum absolute atomic E-state index is 5.06. The van der Waals surface area contributed by atoms with E-state index < -0.39 is 0 Å². The Morgan fingerprint density at radius 1 is 1.40 bits per heavy atom. The van der Waals surface area contributed by atoms with E-state index in [1.807, 2.05) is 0 Å². The molecule has 0 aromatic carbocycles. The Balaban J connectivity index is 2.08. The molecule has 0 spiro atoms. The Kier molecular flexibility index (Phi) is 3.41. The molecule has 0 bridgehead atoms. The number of hydrogen-bond donors (Lipinski definition) is 0. The van der Waals surface area contributed by atoms with Gasteiger partial charge in [0.25, 0.3) is 0 Å². The molecule has 0 aliphatic carbocycles. The molecule has 2 heterocycles. The number of aromatic nitrogens is 2. The lowest BCUT2D eigenvalue weighted by atomic mass is 10.1. The number of anilines is 1. The summed E-state index contributed by atoms with van der Waals surface area (Å²) in [6.45, 7) is 2.05. The van der Waals surface area contributed by atoms with Crippen LogP contribution in [0.15, 0.2) is 12.4 Å². The molecule has 1 aromatic heterocycles. The largest absolute Gasteiger partial charge is 0.480 e. The maximum Gasteiger partial charge on any atom is 0.233 e. The predicted molar refractivity (Wildman–Crippen MR) is 62.7 cm³/mol. The van der Waals surface area contributed by atoms with E-state index in [-0.39, 0.29) is 0 Å². The van der Waals surface area contributed by atoms with E-state index in [4.69, 9.17) is 4.74 Å². The van der Waals surface area contributed by atoms with Crippen LogP contribution in [0.25, 0.3) is 0 Å². The van der Waals surface area contributed by atoms with Crippen molar-refractivity contribution in [3.05, 3.63) is 12.4 Å². The molecule has 0 unspecified atom stereocenters. The quantitative estimate of drug-likeness (QED) is 0.770. The molecular weight excluding hydrogens is 258 g/mol. The van der Waals surface area contributed by atoms with E-state index >= 15 is 0 Å². The monoisotopic (exact) mass is 271 g/mol. The first-order valence-corrected chi connectivity index (χ1v) is 5.96. The number of piperidine rings is 1. The van der Waals surface area contributed by atoms with Crippen LogP contribution >= 0.6 is 15.9 Å². The van der Waals surface area contributed by atoms with Crippen molar-refractivity contribution in [1.82, 2.24) is 9.97 Å². The second-order valence-corrected chi connectivity index (χ2v) is 4.88. The van der Waals surface area contributed by atoms with Gasteiger partial charge in [-0.1, -0.05) is 15.9 Å². The summed E-state index contributed by atoms with van der Waals surface area (Å²) in [5, 5.41) is 0. The van der Waals surface area contributed by atoms with Crippen LogP contribution in [0.3, 0.4) is 0 Å². The first kappa shape index (κ1) is 10.7. The van der Waals surface area contributed by atoms with Crippen LogP contribution < -0.4 is 9.64 Å². The van der Waals surface area contributed by atoms with Crippen molar-refractivity contribution >= 4 is 21.7 Å². The third kappa shape index (κ3) is 2.59. The molecule has 0 atom stereocenters. The SMILES string of the molecule is COc1cncc(N2CCC(Br)CC2)n1. The number of methoxy groups -OCH3 is 1. The first-order chi connectivity index (χ1) is 7.29. The summed E-state index contributed by atoms with van der Waals surface area (Å²) in [5.74, 6) is 1.49. The highest BCUT2D eigenvalue weighted by Gasteiger charge is 2.18. The fraction of sp³-hybridized carbons (Fsp3) is 0.600. The number of nitrogens with zero attached hydrogens (tertiary/aromatic N) is 3. The van der Waals surface area contributed by atoms with E-state index in [2.05, 4.69) is 30.8 Å². The molecule has 1 aliphatic heterocycles. The molecule has 1 saturated heterocycles. The molecular formula is C10H14BrN3O. The van der Waals surface area contributed by atoms with Crippen molar-refractivity contribution in [3.63, 3.8) is 0 Å². The number of ether oxygens (including phenoxy) is 1. The van der Waals surface area contributed by atoms with Crippen molar-refractivity contribution in [2.24, 2.45) is 0 Å². The number of alkyl halides is 1. The van der Waals surface area contributed by atoms with Gasteiger partial charge in [-0.3, -0.25) is 4.98 Å². The van der Waals surface area contributed by atoms with Crippen molar-refractivity contribution in [1.29, 1.82) is 0 Å². The van der Waals surface area contributed by atoms with E-state index in [1.54, 1.807) is 19.5 Å². The van der Waals surface area contributed by atoms with Crippen LogP contribution in [0.4, 0.5) is 5.82 Å². The summed E-state index contributed by atoms with van der Waals surface area (Å²) in [7, 11) is 1.61. The molecule has 1 aromatic rings. The van der Waals surface area contributed by atoms with Crippen molar-refractivity contribution in [2.45, 2.75) is 17.7 Å². The van der Waals surface area contributed by atoms with Gasteiger partial charge in [-0.15, -0.1) is 0 Å². The molecule has 5 heteroatoms. The van der Waals surface area contributed by atoms with Gasteiger partial charge in [-0.2, -0.15) is 4.98 Å². The Bertz CT molecular complexity index is 326. The van der Waals surface area contributed by atoms with Crippen LogP contribution in [-0.4, -0.2) is 35.0 Å². The van der Waals surface area contributed by atoms with Crippen LogP contribution in [0.2, 0.25) is 0 Å². The second kappa shape index (κ2) is 4.79. The van der Waals surface area contributed by atoms with Crippen LogP contribution in [0.5, 0.6) is 5.88 Å². The van der Waals surface area contributed by atoms with Gasteiger partial charge in [0, 0.05) is 17.9 Å². The summed E-state index contributed by atoms with van der Waals surface area (Å²) in [5.41, 5.74) is 0. The van der Waals surface area contributed by atoms with Gasteiger partial charge >= 0.3 is 0 Å². The highest BCUT2D eigenvalue weighted by Crippen LogP contribution is 2.22. The minimum Gasteiger partial charge on any atom is -0.480 e. The summed E-state index contributed by atoms with van der Waals surface area (Å²) in [6, 6.07) is 0. The van der Waals surface area contributed by atoms with E-state index in [1.165, 1.54) is 0 Å². The van der Waals surface area contributed by atoms with Gasteiger partial charge in [0.2, 0.25) is 5.88 Å². The lowest BCUT2D eigenvalue weighted by Gasteiger charge is -2.30. The normalized spacial score (nSPS) is 17.9. The van der Waals surface area contributed by atoms with Gasteiger partial charge < -0.3 is 9.64 Å². The molecule has 4 nitrogen and oxygen atoms in total. The van der Waals surface area contributed by atoms with E-state index in [0.29, 0.717) is 10.7 Å². The zero-order valence-corrected chi connectivity index (χ0v) is 10.3. The van der Waals surface area contributed by atoms with Crippen LogP contribution in [-0.2, 0) is 0 Å². The summed E-state index contributed by atoms with van der Waals surface area (Å²) >= 11 is 3.63. The molecule has 0 saturated carbocycles. The topological polar surface area (TPSA) is 38.2 Å². The standard InChI is InChI=1S/C10H14BrN3O/c1-15-10-7-12-6-9(13-10)14-4-2-8(11)3-5-14/h6-8H,2-5H2,1H3.